The molecule has 17 heavy (non-hydrogen) atoms. The highest BCUT2D eigenvalue weighted by Crippen LogP contribution is 2.32. The predicted octanol–water partition coefficient (Wildman–Crippen LogP) is 2.89. The van der Waals surface area contributed by atoms with Gasteiger partial charge in [0.1, 0.15) is 5.75 Å². The molecule has 3 nitrogen and oxygen atoms in total. The van der Waals surface area contributed by atoms with Gasteiger partial charge in [-0.3, -0.25) is 4.90 Å². The van der Waals surface area contributed by atoms with Gasteiger partial charge in [0.15, 0.2) is 0 Å². The van der Waals surface area contributed by atoms with Gasteiger partial charge in [0.25, 0.3) is 0 Å². The van der Waals surface area contributed by atoms with Gasteiger partial charge in [-0.25, -0.2) is 0 Å². The van der Waals surface area contributed by atoms with Crippen molar-refractivity contribution in [2.24, 2.45) is 5.73 Å². The highest BCUT2D eigenvalue weighted by atomic mass is 79.9. The van der Waals surface area contributed by atoms with Crippen LogP contribution in [0.15, 0.2) is 22.7 Å². The minimum atomic E-state index is 0.223. The molecule has 1 aromatic rings. The van der Waals surface area contributed by atoms with Gasteiger partial charge in [-0.1, -0.05) is 29.8 Å². The second-order valence-corrected chi connectivity index (χ2v) is 4.96. The molecule has 0 radical (unpaired) electrons. The van der Waals surface area contributed by atoms with E-state index in [1.165, 1.54) is 0 Å². The Morgan fingerprint density at radius 3 is 2.65 bits per heavy atom. The van der Waals surface area contributed by atoms with E-state index in [0.29, 0.717) is 12.3 Å². The van der Waals surface area contributed by atoms with Gasteiger partial charge in [0.2, 0.25) is 0 Å². The number of aromatic hydroxyl groups is 1. The van der Waals surface area contributed by atoms with E-state index in [4.69, 9.17) is 5.73 Å². The summed E-state index contributed by atoms with van der Waals surface area (Å²) < 4.78 is 0.993. The molecule has 1 aromatic carbocycles. The zero-order valence-corrected chi connectivity index (χ0v) is 12.1. The lowest BCUT2D eigenvalue weighted by Crippen LogP contribution is -2.33. The van der Waals surface area contributed by atoms with Crippen LogP contribution >= 0.6 is 15.9 Å². The molecule has 4 heteroatoms. The van der Waals surface area contributed by atoms with Crippen molar-refractivity contribution in [2.75, 3.05) is 19.6 Å². The first-order valence-corrected chi connectivity index (χ1v) is 6.85. The first-order chi connectivity index (χ1) is 8.13. The maximum absolute atomic E-state index is 9.97. The molecule has 0 bridgehead atoms. The van der Waals surface area contributed by atoms with Crippen molar-refractivity contribution < 1.29 is 5.11 Å². The molecular formula is C13H21BrN2O. The Hall–Kier alpha value is -0.580. The molecule has 0 aliphatic carbocycles. The fourth-order valence-electron chi connectivity index (χ4n) is 2.17. The Balaban J connectivity index is 3.02. The normalized spacial score (nSPS) is 13.0. The molecule has 0 heterocycles. The molecule has 0 saturated carbocycles. The number of phenolic OH excluding ortho intramolecular Hbond substituents is 1. The Kier molecular flexibility index (Phi) is 5.95. The third kappa shape index (κ3) is 3.69. The van der Waals surface area contributed by atoms with E-state index in [9.17, 15) is 5.11 Å². The van der Waals surface area contributed by atoms with Gasteiger partial charge in [-0.05, 0) is 31.2 Å². The molecular weight excluding hydrogens is 280 g/mol. The lowest BCUT2D eigenvalue weighted by atomic mass is 10.0. The van der Waals surface area contributed by atoms with Crippen LogP contribution in [-0.2, 0) is 0 Å². The first-order valence-electron chi connectivity index (χ1n) is 6.06. The third-order valence-corrected chi connectivity index (χ3v) is 3.49. The molecule has 0 aliphatic rings. The lowest BCUT2D eigenvalue weighted by Gasteiger charge is -2.30. The quantitative estimate of drug-likeness (QED) is 0.849. The minimum absolute atomic E-state index is 0.223. The van der Waals surface area contributed by atoms with Gasteiger partial charge >= 0.3 is 0 Å². The van der Waals surface area contributed by atoms with Gasteiger partial charge in [0.05, 0.1) is 0 Å². The smallest absolute Gasteiger partial charge is 0.120 e. The Bertz CT molecular complexity index is 357. The summed E-state index contributed by atoms with van der Waals surface area (Å²) in [7, 11) is 0. The van der Waals surface area contributed by atoms with Gasteiger partial charge in [0, 0.05) is 29.2 Å². The molecule has 1 rings (SSSR count). The first kappa shape index (κ1) is 14.5. The van der Waals surface area contributed by atoms with Crippen molar-refractivity contribution >= 4 is 15.9 Å². The van der Waals surface area contributed by atoms with E-state index in [0.717, 1.165) is 29.5 Å². The summed E-state index contributed by atoms with van der Waals surface area (Å²) in [5, 5.41) is 9.97. The van der Waals surface area contributed by atoms with Crippen LogP contribution in [0, 0.1) is 0 Å². The fourth-order valence-corrected chi connectivity index (χ4v) is 2.55. The monoisotopic (exact) mass is 300 g/mol. The molecule has 1 unspecified atom stereocenters. The second kappa shape index (κ2) is 6.99. The summed E-state index contributed by atoms with van der Waals surface area (Å²) in [5.41, 5.74) is 6.60. The Morgan fingerprint density at radius 1 is 1.41 bits per heavy atom. The molecule has 3 N–H and O–H groups in total. The molecule has 0 saturated heterocycles. The van der Waals surface area contributed by atoms with Crippen molar-refractivity contribution in [2.45, 2.75) is 26.3 Å². The number of hydrogen-bond acceptors (Lipinski definition) is 3. The van der Waals surface area contributed by atoms with Crippen molar-refractivity contribution in [1.82, 2.24) is 4.90 Å². The summed E-state index contributed by atoms with van der Waals surface area (Å²) >= 11 is 3.45. The number of rotatable bonds is 6. The average molecular weight is 301 g/mol. The van der Waals surface area contributed by atoms with Crippen LogP contribution in [0.3, 0.4) is 0 Å². The highest BCUT2D eigenvalue weighted by Gasteiger charge is 2.19. The summed E-state index contributed by atoms with van der Waals surface area (Å²) in [4.78, 5) is 2.29. The number of halogens is 1. The summed E-state index contributed by atoms with van der Waals surface area (Å²) in [6, 6.07) is 5.80. The number of likely N-dealkylation sites (N-methyl/N-ethyl adjacent to an activating group) is 1. The van der Waals surface area contributed by atoms with E-state index in [-0.39, 0.29) is 6.04 Å². The van der Waals surface area contributed by atoms with Crippen molar-refractivity contribution in [1.29, 1.82) is 0 Å². The molecule has 96 valence electrons. The minimum Gasteiger partial charge on any atom is -0.508 e. The van der Waals surface area contributed by atoms with Crippen molar-refractivity contribution in [3.63, 3.8) is 0 Å². The maximum Gasteiger partial charge on any atom is 0.120 e. The number of benzene rings is 1. The van der Waals surface area contributed by atoms with Gasteiger partial charge in [-0.15, -0.1) is 0 Å². The third-order valence-electron chi connectivity index (χ3n) is 3.00. The number of nitrogens with two attached hydrogens (primary N) is 1. The fraction of sp³-hybridized carbons (Fsp3) is 0.538. The van der Waals surface area contributed by atoms with E-state index >= 15 is 0 Å². The van der Waals surface area contributed by atoms with E-state index < -0.39 is 0 Å². The van der Waals surface area contributed by atoms with Crippen LogP contribution < -0.4 is 5.73 Å². The van der Waals surface area contributed by atoms with Crippen molar-refractivity contribution in [3.8, 4) is 5.75 Å². The topological polar surface area (TPSA) is 49.5 Å². The van der Waals surface area contributed by atoms with Crippen LogP contribution in [-0.4, -0.2) is 29.6 Å². The zero-order valence-electron chi connectivity index (χ0n) is 10.5. The lowest BCUT2D eigenvalue weighted by molar-refractivity contribution is 0.204. The highest BCUT2D eigenvalue weighted by molar-refractivity contribution is 9.10. The number of nitrogens with zero attached hydrogens (tertiary/aromatic N) is 1. The molecule has 0 amide bonds. The Morgan fingerprint density at radius 2 is 2.12 bits per heavy atom. The standard InChI is InChI=1S/C13H21BrN2O/c1-3-12(16(4-2)8-7-15)11-9-10(14)5-6-13(11)17/h5-6,9,12,17H,3-4,7-8,15H2,1-2H3. The predicted molar refractivity (Wildman–Crippen MR) is 75.1 cm³/mol. The van der Waals surface area contributed by atoms with Gasteiger partial charge in [-0.2, -0.15) is 0 Å². The van der Waals surface area contributed by atoms with Crippen LogP contribution in [0.1, 0.15) is 31.9 Å². The molecule has 1 atom stereocenters. The summed E-state index contributed by atoms with van der Waals surface area (Å²) in [6.07, 6.45) is 0.956. The number of phenols is 1. The largest absolute Gasteiger partial charge is 0.508 e. The van der Waals surface area contributed by atoms with E-state index in [1.54, 1.807) is 6.07 Å². The zero-order chi connectivity index (χ0) is 12.8. The molecule has 0 aromatic heterocycles. The van der Waals surface area contributed by atoms with E-state index in [1.807, 2.05) is 12.1 Å². The average Bonchev–Trinajstić information content (AvgIpc) is 2.33. The van der Waals surface area contributed by atoms with Crippen molar-refractivity contribution in [3.05, 3.63) is 28.2 Å². The molecule has 0 aliphatic heterocycles. The molecule has 0 spiro atoms. The summed E-state index contributed by atoms with van der Waals surface area (Å²) in [6.45, 7) is 6.67. The SMILES string of the molecule is CCC(c1cc(Br)ccc1O)N(CC)CCN. The summed E-state index contributed by atoms with van der Waals surface area (Å²) in [5.74, 6) is 0.357. The second-order valence-electron chi connectivity index (χ2n) is 4.04. The Labute approximate surface area is 112 Å². The van der Waals surface area contributed by atoms with Gasteiger partial charge < -0.3 is 10.8 Å². The van der Waals surface area contributed by atoms with Crippen LogP contribution in [0.5, 0.6) is 5.75 Å². The molecule has 0 fully saturated rings. The van der Waals surface area contributed by atoms with E-state index in [2.05, 4.69) is 34.7 Å². The van der Waals surface area contributed by atoms with Crippen LogP contribution in [0.25, 0.3) is 0 Å². The maximum atomic E-state index is 9.97. The number of hydrogen-bond donors (Lipinski definition) is 2. The van der Waals surface area contributed by atoms with Crippen LogP contribution in [0.2, 0.25) is 0 Å². The van der Waals surface area contributed by atoms with Crippen LogP contribution in [0.4, 0.5) is 0 Å².